The summed E-state index contributed by atoms with van der Waals surface area (Å²) in [5.74, 6) is -0.538. The van der Waals surface area contributed by atoms with Gasteiger partial charge >= 0.3 is 0 Å². The lowest BCUT2D eigenvalue weighted by atomic mass is 10.0. The van der Waals surface area contributed by atoms with E-state index < -0.39 is 11.9 Å². The van der Waals surface area contributed by atoms with Crippen molar-refractivity contribution in [3.05, 3.63) is 0 Å². The third-order valence-electron chi connectivity index (χ3n) is 3.73. The van der Waals surface area contributed by atoms with E-state index in [1.54, 1.807) is 0 Å². The van der Waals surface area contributed by atoms with E-state index in [0.717, 1.165) is 25.7 Å². The summed E-state index contributed by atoms with van der Waals surface area (Å²) in [6.07, 6.45) is 3.64. The van der Waals surface area contributed by atoms with Gasteiger partial charge in [0.1, 0.15) is 6.04 Å². The molecule has 0 bridgehead atoms. The van der Waals surface area contributed by atoms with Gasteiger partial charge in [0.2, 0.25) is 17.7 Å². The summed E-state index contributed by atoms with van der Waals surface area (Å²) < 4.78 is 0. The summed E-state index contributed by atoms with van der Waals surface area (Å²) >= 11 is 0. The molecule has 6 nitrogen and oxygen atoms in total. The van der Waals surface area contributed by atoms with Crippen LogP contribution in [0.25, 0.3) is 0 Å². The second kappa shape index (κ2) is 11.0. The molecule has 0 aromatic heterocycles. The minimum absolute atomic E-state index is 0.0165. The van der Waals surface area contributed by atoms with Crippen molar-refractivity contribution in [3.63, 3.8) is 0 Å². The molecule has 128 valence electrons. The van der Waals surface area contributed by atoms with E-state index >= 15 is 0 Å². The number of unbranched alkanes of at least 4 members (excludes halogenated alkanes) is 2. The second-order valence-corrected chi connectivity index (χ2v) is 6.10. The molecule has 0 aromatic rings. The van der Waals surface area contributed by atoms with E-state index in [1.165, 1.54) is 0 Å². The van der Waals surface area contributed by atoms with Gasteiger partial charge in [0.05, 0.1) is 0 Å². The number of carbonyl (C=O) groups is 3. The van der Waals surface area contributed by atoms with Crippen molar-refractivity contribution in [1.82, 2.24) is 10.6 Å². The molecule has 0 heterocycles. The molecular formula is C16H31N3O3. The highest BCUT2D eigenvalue weighted by Gasteiger charge is 2.21. The number of nitrogens with one attached hydrogen (secondary N) is 2. The maximum Gasteiger partial charge on any atom is 0.240 e. The SMILES string of the molecule is CCC(C)C(=O)NCCCCCC(=O)NC(C(N)=O)C(C)C. The first-order valence-electron chi connectivity index (χ1n) is 8.15. The van der Waals surface area contributed by atoms with Gasteiger partial charge in [-0.25, -0.2) is 0 Å². The Balaban J connectivity index is 3.77. The topological polar surface area (TPSA) is 101 Å². The van der Waals surface area contributed by atoms with Crippen LogP contribution in [0, 0.1) is 11.8 Å². The summed E-state index contributed by atoms with van der Waals surface area (Å²) in [5, 5.41) is 5.55. The zero-order valence-electron chi connectivity index (χ0n) is 14.3. The molecule has 2 unspecified atom stereocenters. The van der Waals surface area contributed by atoms with Crippen molar-refractivity contribution in [2.45, 2.75) is 65.8 Å². The fourth-order valence-electron chi connectivity index (χ4n) is 1.97. The highest BCUT2D eigenvalue weighted by atomic mass is 16.2. The van der Waals surface area contributed by atoms with Crippen LogP contribution < -0.4 is 16.4 Å². The molecule has 4 N–H and O–H groups in total. The van der Waals surface area contributed by atoms with Gasteiger partial charge < -0.3 is 16.4 Å². The van der Waals surface area contributed by atoms with E-state index in [-0.39, 0.29) is 23.7 Å². The lowest BCUT2D eigenvalue weighted by Gasteiger charge is -2.18. The van der Waals surface area contributed by atoms with E-state index in [1.807, 2.05) is 27.7 Å². The minimum atomic E-state index is -0.609. The summed E-state index contributed by atoms with van der Waals surface area (Å²) in [6, 6.07) is -0.609. The Bertz CT molecular complexity index is 370. The van der Waals surface area contributed by atoms with Crippen molar-refractivity contribution in [2.24, 2.45) is 17.6 Å². The maximum atomic E-state index is 11.7. The molecule has 22 heavy (non-hydrogen) atoms. The van der Waals surface area contributed by atoms with Crippen molar-refractivity contribution < 1.29 is 14.4 Å². The van der Waals surface area contributed by atoms with Crippen molar-refractivity contribution in [2.75, 3.05) is 6.54 Å². The fourth-order valence-corrected chi connectivity index (χ4v) is 1.97. The molecule has 0 spiro atoms. The van der Waals surface area contributed by atoms with Crippen LogP contribution in [-0.2, 0) is 14.4 Å². The van der Waals surface area contributed by atoms with Gasteiger partial charge in [0, 0.05) is 18.9 Å². The third-order valence-corrected chi connectivity index (χ3v) is 3.73. The number of rotatable bonds is 11. The summed E-state index contributed by atoms with van der Waals surface area (Å²) in [4.78, 5) is 34.5. The molecule has 0 aromatic carbocycles. The zero-order valence-corrected chi connectivity index (χ0v) is 14.3. The number of nitrogens with two attached hydrogens (primary N) is 1. The Hall–Kier alpha value is -1.59. The number of hydrogen-bond donors (Lipinski definition) is 3. The Morgan fingerprint density at radius 3 is 2.18 bits per heavy atom. The molecule has 0 radical (unpaired) electrons. The Morgan fingerprint density at radius 2 is 1.68 bits per heavy atom. The molecule has 6 heteroatoms. The van der Waals surface area contributed by atoms with Gasteiger partial charge in [-0.1, -0.05) is 34.1 Å². The number of carbonyl (C=O) groups excluding carboxylic acids is 3. The third kappa shape index (κ3) is 8.64. The molecule has 0 aliphatic rings. The zero-order chi connectivity index (χ0) is 17.1. The highest BCUT2D eigenvalue weighted by molar-refractivity contribution is 5.86. The molecule has 0 saturated heterocycles. The average molecular weight is 313 g/mol. The van der Waals surface area contributed by atoms with Crippen LogP contribution >= 0.6 is 0 Å². The number of primary amides is 1. The van der Waals surface area contributed by atoms with Crippen LogP contribution in [-0.4, -0.2) is 30.3 Å². The summed E-state index contributed by atoms with van der Waals surface area (Å²) in [5.41, 5.74) is 5.25. The van der Waals surface area contributed by atoms with Crippen molar-refractivity contribution in [1.29, 1.82) is 0 Å². The molecule has 0 aliphatic heterocycles. The lowest BCUT2D eigenvalue weighted by molar-refractivity contribution is -0.128. The van der Waals surface area contributed by atoms with Gasteiger partial charge in [-0.05, 0) is 25.2 Å². The van der Waals surface area contributed by atoms with Crippen LogP contribution in [0.2, 0.25) is 0 Å². The van der Waals surface area contributed by atoms with Gasteiger partial charge in [0.25, 0.3) is 0 Å². The molecule has 2 atom stereocenters. The lowest BCUT2D eigenvalue weighted by Crippen LogP contribution is -2.47. The van der Waals surface area contributed by atoms with Crippen LogP contribution in [0.1, 0.15) is 59.8 Å². The van der Waals surface area contributed by atoms with Crippen molar-refractivity contribution >= 4 is 17.7 Å². The first-order valence-corrected chi connectivity index (χ1v) is 8.15. The van der Waals surface area contributed by atoms with E-state index in [2.05, 4.69) is 10.6 Å². The van der Waals surface area contributed by atoms with Crippen LogP contribution in [0.3, 0.4) is 0 Å². The number of amides is 3. The predicted molar refractivity (Wildman–Crippen MR) is 86.9 cm³/mol. The van der Waals surface area contributed by atoms with E-state index in [0.29, 0.717) is 13.0 Å². The number of hydrogen-bond acceptors (Lipinski definition) is 3. The molecular weight excluding hydrogens is 282 g/mol. The largest absolute Gasteiger partial charge is 0.368 e. The standard InChI is InChI=1S/C16H31N3O3/c1-5-12(4)16(22)18-10-8-6-7-9-13(20)19-14(11(2)3)15(17)21/h11-12,14H,5-10H2,1-4H3,(H2,17,21)(H,18,22)(H,19,20). The molecule has 0 saturated carbocycles. The maximum absolute atomic E-state index is 11.7. The van der Waals surface area contributed by atoms with Gasteiger partial charge in [-0.2, -0.15) is 0 Å². The Labute approximate surface area is 133 Å². The van der Waals surface area contributed by atoms with Gasteiger partial charge in [-0.3, -0.25) is 14.4 Å². The normalized spacial score (nSPS) is 13.5. The van der Waals surface area contributed by atoms with Crippen LogP contribution in [0.15, 0.2) is 0 Å². The van der Waals surface area contributed by atoms with Crippen LogP contribution in [0.5, 0.6) is 0 Å². The van der Waals surface area contributed by atoms with E-state index in [4.69, 9.17) is 5.73 Å². The molecule has 0 fully saturated rings. The Kier molecular flexibility index (Phi) is 10.2. The van der Waals surface area contributed by atoms with Gasteiger partial charge in [0.15, 0.2) is 0 Å². The monoisotopic (exact) mass is 313 g/mol. The average Bonchev–Trinajstić information content (AvgIpc) is 2.46. The second-order valence-electron chi connectivity index (χ2n) is 6.10. The smallest absolute Gasteiger partial charge is 0.240 e. The summed E-state index contributed by atoms with van der Waals surface area (Å²) in [6.45, 7) is 8.22. The Morgan fingerprint density at radius 1 is 1.05 bits per heavy atom. The van der Waals surface area contributed by atoms with Crippen LogP contribution in [0.4, 0.5) is 0 Å². The quantitative estimate of drug-likeness (QED) is 0.502. The highest BCUT2D eigenvalue weighted by Crippen LogP contribution is 2.04. The molecule has 3 amide bonds. The van der Waals surface area contributed by atoms with Crippen molar-refractivity contribution in [3.8, 4) is 0 Å². The summed E-state index contributed by atoms with van der Waals surface area (Å²) in [7, 11) is 0. The molecule has 0 aliphatic carbocycles. The first-order chi connectivity index (χ1) is 10.3. The fraction of sp³-hybridized carbons (Fsp3) is 0.812. The van der Waals surface area contributed by atoms with E-state index in [9.17, 15) is 14.4 Å². The first kappa shape index (κ1) is 20.4. The van der Waals surface area contributed by atoms with Gasteiger partial charge in [-0.15, -0.1) is 0 Å². The predicted octanol–water partition coefficient (Wildman–Crippen LogP) is 1.34. The molecule has 0 rings (SSSR count). The minimum Gasteiger partial charge on any atom is -0.368 e.